The summed E-state index contributed by atoms with van der Waals surface area (Å²) >= 11 is 0. The standard InChI is InChI=1S/C33H38F2/c1-3-5-7-24-8-13-26(14-9-24)28-18-20-29(21-19-28)27-15-10-25(11-16-27)12-17-31-23-22-30(6-4-2)32(34)33(31)35/h3,8-9,13-14,18-23,25,27H,1,4-7,10-12,15-17H2,2H3. The van der Waals surface area contributed by atoms with Crippen LogP contribution >= 0.6 is 0 Å². The van der Waals surface area contributed by atoms with E-state index < -0.39 is 11.6 Å². The molecule has 4 rings (SSSR count). The average Bonchev–Trinajstić information content (AvgIpc) is 2.90. The average molecular weight is 473 g/mol. The van der Waals surface area contributed by atoms with Crippen LogP contribution in [0.15, 0.2) is 73.3 Å². The summed E-state index contributed by atoms with van der Waals surface area (Å²) in [7, 11) is 0. The predicted octanol–water partition coefficient (Wildman–Crippen LogP) is 9.61. The minimum absolute atomic E-state index is 0.501. The Morgan fingerprint density at radius 3 is 1.89 bits per heavy atom. The lowest BCUT2D eigenvalue weighted by Gasteiger charge is -2.29. The van der Waals surface area contributed by atoms with Crippen LogP contribution in [0.3, 0.4) is 0 Å². The number of allylic oxidation sites excluding steroid dienone is 1. The van der Waals surface area contributed by atoms with E-state index in [4.69, 9.17) is 0 Å². The zero-order valence-electron chi connectivity index (χ0n) is 21.0. The molecule has 184 valence electrons. The molecule has 0 spiro atoms. The van der Waals surface area contributed by atoms with Gasteiger partial charge in [-0.2, -0.15) is 0 Å². The molecule has 2 heteroatoms. The first kappa shape index (κ1) is 25.4. The highest BCUT2D eigenvalue weighted by atomic mass is 19.2. The molecule has 0 aromatic heterocycles. The van der Waals surface area contributed by atoms with Crippen molar-refractivity contribution in [3.05, 3.63) is 107 Å². The second-order valence-electron chi connectivity index (χ2n) is 10.2. The van der Waals surface area contributed by atoms with Gasteiger partial charge in [0.15, 0.2) is 11.6 Å². The first-order valence-corrected chi connectivity index (χ1v) is 13.3. The van der Waals surface area contributed by atoms with Crippen LogP contribution in [0.2, 0.25) is 0 Å². The Labute approximate surface area is 210 Å². The van der Waals surface area contributed by atoms with Crippen molar-refractivity contribution < 1.29 is 8.78 Å². The number of hydrogen-bond acceptors (Lipinski definition) is 0. The smallest absolute Gasteiger partial charge is 0.162 e. The van der Waals surface area contributed by atoms with Crippen molar-refractivity contribution in [2.24, 2.45) is 5.92 Å². The molecule has 1 saturated carbocycles. The van der Waals surface area contributed by atoms with Crippen molar-refractivity contribution in [2.45, 2.75) is 77.0 Å². The van der Waals surface area contributed by atoms with Crippen molar-refractivity contribution in [3.8, 4) is 11.1 Å². The number of benzene rings is 3. The first-order valence-electron chi connectivity index (χ1n) is 13.3. The van der Waals surface area contributed by atoms with Crippen LogP contribution in [-0.2, 0) is 19.3 Å². The summed E-state index contributed by atoms with van der Waals surface area (Å²) in [5, 5.41) is 0. The fourth-order valence-electron chi connectivity index (χ4n) is 5.51. The molecule has 0 aliphatic heterocycles. The van der Waals surface area contributed by atoms with Crippen molar-refractivity contribution in [1.82, 2.24) is 0 Å². The van der Waals surface area contributed by atoms with Gasteiger partial charge in [0, 0.05) is 0 Å². The second-order valence-corrected chi connectivity index (χ2v) is 10.2. The molecular weight excluding hydrogens is 434 g/mol. The highest BCUT2D eigenvalue weighted by molar-refractivity contribution is 5.64. The lowest BCUT2D eigenvalue weighted by atomic mass is 9.76. The topological polar surface area (TPSA) is 0 Å². The van der Waals surface area contributed by atoms with Crippen LogP contribution in [0.5, 0.6) is 0 Å². The van der Waals surface area contributed by atoms with Gasteiger partial charge >= 0.3 is 0 Å². The van der Waals surface area contributed by atoms with E-state index in [0.29, 0.717) is 35.8 Å². The molecule has 3 aromatic rings. The van der Waals surface area contributed by atoms with Crippen molar-refractivity contribution in [2.75, 3.05) is 0 Å². The number of aryl methyl sites for hydroxylation is 3. The van der Waals surface area contributed by atoms with Gasteiger partial charge in [0.05, 0.1) is 0 Å². The molecule has 1 aliphatic carbocycles. The minimum Gasteiger partial charge on any atom is -0.203 e. The van der Waals surface area contributed by atoms with E-state index in [1.54, 1.807) is 12.1 Å². The Kier molecular flexibility index (Phi) is 8.90. The molecule has 1 aliphatic rings. The SMILES string of the molecule is C=CCCc1ccc(-c2ccc(C3CCC(CCc4ccc(CCC)c(F)c4F)CC3)cc2)cc1. The van der Waals surface area contributed by atoms with E-state index in [1.807, 2.05) is 13.0 Å². The van der Waals surface area contributed by atoms with E-state index >= 15 is 0 Å². The van der Waals surface area contributed by atoms with Crippen molar-refractivity contribution in [3.63, 3.8) is 0 Å². The fourth-order valence-corrected chi connectivity index (χ4v) is 5.51. The largest absolute Gasteiger partial charge is 0.203 e. The third kappa shape index (κ3) is 6.48. The van der Waals surface area contributed by atoms with Crippen LogP contribution in [-0.4, -0.2) is 0 Å². The summed E-state index contributed by atoms with van der Waals surface area (Å²) in [6.07, 6.45) is 11.7. The van der Waals surface area contributed by atoms with Gasteiger partial charge in [0.1, 0.15) is 0 Å². The number of halogens is 2. The molecule has 0 atom stereocenters. The van der Waals surface area contributed by atoms with Gasteiger partial charge in [0.25, 0.3) is 0 Å². The Morgan fingerprint density at radius 2 is 1.31 bits per heavy atom. The van der Waals surface area contributed by atoms with Crippen LogP contribution in [0.4, 0.5) is 8.78 Å². The molecule has 35 heavy (non-hydrogen) atoms. The molecule has 3 aromatic carbocycles. The van der Waals surface area contributed by atoms with Gasteiger partial charge in [-0.05, 0) is 103 Å². The Balaban J connectivity index is 1.28. The van der Waals surface area contributed by atoms with E-state index in [1.165, 1.54) is 35.1 Å². The molecule has 1 fully saturated rings. The normalized spacial score (nSPS) is 17.9. The maximum absolute atomic E-state index is 14.5. The van der Waals surface area contributed by atoms with Gasteiger partial charge < -0.3 is 0 Å². The number of hydrogen-bond donors (Lipinski definition) is 0. The lowest BCUT2D eigenvalue weighted by Crippen LogP contribution is -2.14. The lowest BCUT2D eigenvalue weighted by molar-refractivity contribution is 0.309. The Morgan fingerprint density at radius 1 is 0.743 bits per heavy atom. The van der Waals surface area contributed by atoms with E-state index in [2.05, 4.69) is 55.1 Å². The zero-order chi connectivity index (χ0) is 24.6. The minimum atomic E-state index is -0.639. The number of rotatable bonds is 10. The predicted molar refractivity (Wildman–Crippen MR) is 144 cm³/mol. The molecule has 0 nitrogen and oxygen atoms in total. The van der Waals surface area contributed by atoms with Crippen LogP contribution < -0.4 is 0 Å². The second kappa shape index (κ2) is 12.3. The monoisotopic (exact) mass is 472 g/mol. The van der Waals surface area contributed by atoms with Crippen molar-refractivity contribution in [1.29, 1.82) is 0 Å². The van der Waals surface area contributed by atoms with Crippen LogP contribution in [0.25, 0.3) is 11.1 Å². The summed E-state index contributed by atoms with van der Waals surface area (Å²) in [5.74, 6) is -0.0664. The molecule has 0 unspecified atom stereocenters. The Bertz CT molecular complexity index is 1090. The molecule has 0 heterocycles. The van der Waals surface area contributed by atoms with Crippen LogP contribution in [0.1, 0.15) is 80.0 Å². The summed E-state index contributed by atoms with van der Waals surface area (Å²) in [6, 6.07) is 21.5. The highest BCUT2D eigenvalue weighted by Gasteiger charge is 2.23. The molecule has 0 bridgehead atoms. The maximum atomic E-state index is 14.5. The highest BCUT2D eigenvalue weighted by Crippen LogP contribution is 2.38. The molecule has 0 N–H and O–H groups in total. The summed E-state index contributed by atoms with van der Waals surface area (Å²) in [6.45, 7) is 5.79. The van der Waals surface area contributed by atoms with E-state index in [-0.39, 0.29) is 0 Å². The van der Waals surface area contributed by atoms with Gasteiger partial charge in [-0.3, -0.25) is 0 Å². The van der Waals surface area contributed by atoms with E-state index in [9.17, 15) is 8.78 Å². The van der Waals surface area contributed by atoms with Crippen molar-refractivity contribution >= 4 is 0 Å². The summed E-state index contributed by atoms with van der Waals surface area (Å²) < 4.78 is 28.7. The van der Waals surface area contributed by atoms with Gasteiger partial charge in [-0.15, -0.1) is 6.58 Å². The van der Waals surface area contributed by atoms with E-state index in [0.717, 1.165) is 38.5 Å². The third-order valence-electron chi connectivity index (χ3n) is 7.74. The first-order chi connectivity index (χ1) is 17.1. The fraction of sp³-hybridized carbons (Fsp3) is 0.394. The maximum Gasteiger partial charge on any atom is 0.162 e. The van der Waals surface area contributed by atoms with Gasteiger partial charge in [-0.25, -0.2) is 8.78 Å². The quantitative estimate of drug-likeness (QED) is 0.258. The summed E-state index contributed by atoms with van der Waals surface area (Å²) in [5.41, 5.74) is 6.33. The Hall–Kier alpha value is -2.74. The molecule has 0 saturated heterocycles. The zero-order valence-corrected chi connectivity index (χ0v) is 21.0. The molecule has 0 radical (unpaired) electrons. The third-order valence-corrected chi connectivity index (χ3v) is 7.74. The molecular formula is C33H38F2. The van der Waals surface area contributed by atoms with Crippen LogP contribution in [0, 0.1) is 17.6 Å². The van der Waals surface area contributed by atoms with Gasteiger partial charge in [-0.1, -0.05) is 80.1 Å². The van der Waals surface area contributed by atoms with Gasteiger partial charge in [0.2, 0.25) is 0 Å². The molecule has 0 amide bonds. The summed E-state index contributed by atoms with van der Waals surface area (Å²) in [4.78, 5) is 0.